The van der Waals surface area contributed by atoms with Crippen LogP contribution in [0, 0.1) is 0 Å². The van der Waals surface area contributed by atoms with Gasteiger partial charge in [-0.05, 0) is 81.0 Å². The molecular formula is C36H40N4O4. The maximum Gasteiger partial charge on any atom is 0.339 e. The molecule has 0 atom stereocenters. The molecule has 8 nitrogen and oxygen atoms in total. The van der Waals surface area contributed by atoms with Crippen LogP contribution in [0.25, 0.3) is 22.2 Å². The molecule has 2 fully saturated rings. The highest BCUT2D eigenvalue weighted by Crippen LogP contribution is 2.37. The van der Waals surface area contributed by atoms with Crippen LogP contribution in [-0.4, -0.2) is 38.6 Å². The molecule has 1 saturated carbocycles. The molecule has 8 heteroatoms. The van der Waals surface area contributed by atoms with Crippen molar-refractivity contribution in [2.45, 2.75) is 90.3 Å². The summed E-state index contributed by atoms with van der Waals surface area (Å²) in [5, 5.41) is 3.02. The number of esters is 1. The third kappa shape index (κ3) is 5.61. The number of imidazole rings is 1. The lowest BCUT2D eigenvalue weighted by atomic mass is 9.82. The Morgan fingerprint density at radius 1 is 0.977 bits per heavy atom. The molecule has 1 N–H and O–H groups in total. The second-order valence-corrected chi connectivity index (χ2v) is 13.0. The number of fused-ring (bicyclic) bond motifs is 1. The summed E-state index contributed by atoms with van der Waals surface area (Å²) in [6, 6.07) is 21.0. The van der Waals surface area contributed by atoms with E-state index in [9.17, 15) is 14.4 Å². The SMILES string of the molecule is CCCc1nc2ccc(N3C(=O)NC4(CCCCC4)C3=O)cc2n1Cc1ccc(-c2ccccc2C(=O)OC(C)(C)C)cc1. The zero-order valence-corrected chi connectivity index (χ0v) is 26.0. The number of hydrogen-bond donors (Lipinski definition) is 1. The standard InChI is InChI=1S/C36H40N4O4/c1-5-11-31-37-29-19-18-26(40-33(42)36(38-34(40)43)20-9-6-10-21-36)22-30(29)39(31)23-24-14-16-25(17-15-24)27-12-7-8-13-28(27)32(41)44-35(2,3)4/h7-8,12-19,22H,5-6,9-11,20-21,23H2,1-4H3,(H,38,43). The fourth-order valence-electron chi connectivity index (χ4n) is 6.46. The van der Waals surface area contributed by atoms with E-state index in [0.717, 1.165) is 65.7 Å². The van der Waals surface area contributed by atoms with Gasteiger partial charge in [-0.25, -0.2) is 19.5 Å². The number of nitrogens with zero attached hydrogens (tertiary/aromatic N) is 3. The van der Waals surface area contributed by atoms with Gasteiger partial charge in [-0.2, -0.15) is 0 Å². The molecule has 6 rings (SSSR count). The van der Waals surface area contributed by atoms with Gasteiger partial charge in [0.2, 0.25) is 0 Å². The summed E-state index contributed by atoms with van der Waals surface area (Å²) >= 11 is 0. The Balaban J connectivity index is 1.31. The average molecular weight is 593 g/mol. The van der Waals surface area contributed by atoms with Crippen molar-refractivity contribution in [2.75, 3.05) is 4.90 Å². The highest BCUT2D eigenvalue weighted by molar-refractivity contribution is 6.23. The molecule has 228 valence electrons. The third-order valence-electron chi connectivity index (χ3n) is 8.56. The van der Waals surface area contributed by atoms with E-state index in [1.54, 1.807) is 6.07 Å². The highest BCUT2D eigenvalue weighted by Gasteiger charge is 2.51. The van der Waals surface area contributed by atoms with E-state index in [1.165, 1.54) is 4.90 Å². The Morgan fingerprint density at radius 3 is 2.41 bits per heavy atom. The molecule has 3 amide bonds. The van der Waals surface area contributed by atoms with Crippen molar-refractivity contribution in [1.29, 1.82) is 0 Å². The third-order valence-corrected chi connectivity index (χ3v) is 8.56. The Bertz CT molecular complexity index is 1730. The first-order valence-corrected chi connectivity index (χ1v) is 15.7. The summed E-state index contributed by atoms with van der Waals surface area (Å²) in [6.45, 7) is 8.30. The first-order chi connectivity index (χ1) is 21.1. The Kier molecular flexibility index (Phi) is 7.78. The number of ether oxygens (including phenoxy) is 1. The lowest BCUT2D eigenvalue weighted by Gasteiger charge is -2.30. The molecule has 1 aliphatic heterocycles. The largest absolute Gasteiger partial charge is 0.456 e. The fourth-order valence-corrected chi connectivity index (χ4v) is 6.46. The molecule has 44 heavy (non-hydrogen) atoms. The molecule has 1 aromatic heterocycles. The summed E-state index contributed by atoms with van der Waals surface area (Å²) in [6.07, 6.45) is 6.09. The van der Waals surface area contributed by atoms with Crippen LogP contribution in [0.15, 0.2) is 66.7 Å². The molecule has 2 aliphatic rings. The van der Waals surface area contributed by atoms with Crippen molar-refractivity contribution >= 4 is 34.6 Å². The number of rotatable bonds is 7. The van der Waals surface area contributed by atoms with E-state index in [4.69, 9.17) is 9.72 Å². The predicted molar refractivity (Wildman–Crippen MR) is 172 cm³/mol. The number of aromatic nitrogens is 2. The van der Waals surface area contributed by atoms with Gasteiger partial charge in [0, 0.05) is 13.0 Å². The monoisotopic (exact) mass is 592 g/mol. The molecule has 2 heterocycles. The van der Waals surface area contributed by atoms with Gasteiger partial charge < -0.3 is 14.6 Å². The molecule has 3 aromatic carbocycles. The zero-order chi connectivity index (χ0) is 31.1. The van der Waals surface area contributed by atoms with E-state index >= 15 is 0 Å². The fraction of sp³-hybridized carbons (Fsp3) is 0.389. The number of carbonyl (C=O) groups excluding carboxylic acids is 3. The van der Waals surface area contributed by atoms with Crippen LogP contribution >= 0.6 is 0 Å². The van der Waals surface area contributed by atoms with Crippen molar-refractivity contribution in [3.63, 3.8) is 0 Å². The van der Waals surface area contributed by atoms with Gasteiger partial charge in [0.05, 0.1) is 22.3 Å². The molecule has 0 radical (unpaired) electrons. The van der Waals surface area contributed by atoms with Crippen molar-refractivity contribution < 1.29 is 19.1 Å². The van der Waals surface area contributed by atoms with Crippen LogP contribution in [0.4, 0.5) is 10.5 Å². The van der Waals surface area contributed by atoms with Gasteiger partial charge >= 0.3 is 12.0 Å². The van der Waals surface area contributed by atoms with Crippen LogP contribution in [0.2, 0.25) is 0 Å². The molecule has 0 unspecified atom stereocenters. The van der Waals surface area contributed by atoms with Crippen molar-refractivity contribution in [3.05, 3.63) is 83.7 Å². The summed E-state index contributed by atoms with van der Waals surface area (Å²) < 4.78 is 7.83. The highest BCUT2D eigenvalue weighted by atomic mass is 16.6. The maximum absolute atomic E-state index is 13.6. The summed E-state index contributed by atoms with van der Waals surface area (Å²) in [5.41, 5.74) is 4.28. The van der Waals surface area contributed by atoms with Gasteiger partial charge in [0.15, 0.2) is 0 Å². The van der Waals surface area contributed by atoms with Gasteiger partial charge in [-0.1, -0.05) is 68.7 Å². The first kappa shape index (κ1) is 29.6. The van der Waals surface area contributed by atoms with Crippen LogP contribution in [0.5, 0.6) is 0 Å². The number of nitrogens with one attached hydrogen (secondary N) is 1. The van der Waals surface area contributed by atoms with E-state index in [2.05, 4.69) is 28.9 Å². The molecule has 1 saturated heterocycles. The minimum atomic E-state index is -0.776. The van der Waals surface area contributed by atoms with E-state index in [1.807, 2.05) is 69.3 Å². The summed E-state index contributed by atoms with van der Waals surface area (Å²) in [5.74, 6) is 0.463. The van der Waals surface area contributed by atoms with Gasteiger partial charge in [0.25, 0.3) is 5.91 Å². The van der Waals surface area contributed by atoms with Crippen molar-refractivity contribution in [3.8, 4) is 11.1 Å². The summed E-state index contributed by atoms with van der Waals surface area (Å²) in [7, 11) is 0. The Morgan fingerprint density at radius 2 is 1.70 bits per heavy atom. The number of urea groups is 1. The van der Waals surface area contributed by atoms with Crippen LogP contribution in [0.3, 0.4) is 0 Å². The number of hydrogen-bond acceptors (Lipinski definition) is 5. The smallest absolute Gasteiger partial charge is 0.339 e. The number of amides is 3. The Hall–Kier alpha value is -4.46. The number of carbonyl (C=O) groups is 3. The quantitative estimate of drug-likeness (QED) is 0.178. The first-order valence-electron chi connectivity index (χ1n) is 15.7. The maximum atomic E-state index is 13.6. The van der Waals surface area contributed by atoms with Crippen LogP contribution < -0.4 is 10.2 Å². The second-order valence-electron chi connectivity index (χ2n) is 13.0. The number of anilines is 1. The van der Waals surface area contributed by atoms with Crippen LogP contribution in [0.1, 0.15) is 88.0 Å². The van der Waals surface area contributed by atoms with E-state index < -0.39 is 11.1 Å². The van der Waals surface area contributed by atoms with E-state index in [-0.39, 0.29) is 17.9 Å². The molecule has 0 bridgehead atoms. The summed E-state index contributed by atoms with van der Waals surface area (Å²) in [4.78, 5) is 45.9. The molecule has 1 spiro atoms. The van der Waals surface area contributed by atoms with Gasteiger partial charge in [-0.15, -0.1) is 0 Å². The number of imide groups is 1. The zero-order valence-electron chi connectivity index (χ0n) is 26.0. The lowest BCUT2D eigenvalue weighted by Crippen LogP contribution is -2.48. The Labute approximate surface area is 258 Å². The molecule has 4 aromatic rings. The van der Waals surface area contributed by atoms with Gasteiger partial charge in [-0.3, -0.25) is 4.79 Å². The van der Waals surface area contributed by atoms with E-state index in [0.29, 0.717) is 30.6 Å². The van der Waals surface area contributed by atoms with Crippen molar-refractivity contribution in [1.82, 2.24) is 14.9 Å². The normalized spacial score (nSPS) is 16.5. The number of benzene rings is 3. The predicted octanol–water partition coefficient (Wildman–Crippen LogP) is 7.42. The average Bonchev–Trinajstić information content (AvgIpc) is 3.45. The van der Waals surface area contributed by atoms with Crippen molar-refractivity contribution in [2.24, 2.45) is 0 Å². The topological polar surface area (TPSA) is 93.5 Å². The number of aryl methyl sites for hydroxylation is 1. The minimum absolute atomic E-state index is 0.149. The van der Waals surface area contributed by atoms with Crippen LogP contribution in [-0.2, 0) is 22.5 Å². The minimum Gasteiger partial charge on any atom is -0.456 e. The lowest BCUT2D eigenvalue weighted by molar-refractivity contribution is -0.123. The molecular weight excluding hydrogens is 552 g/mol. The second kappa shape index (κ2) is 11.6. The van der Waals surface area contributed by atoms with Gasteiger partial charge in [0.1, 0.15) is 17.0 Å². The molecule has 1 aliphatic carbocycles.